The van der Waals surface area contributed by atoms with E-state index in [1.165, 1.54) is 4.90 Å². The van der Waals surface area contributed by atoms with Crippen LogP contribution in [0, 0.1) is 12.7 Å². The van der Waals surface area contributed by atoms with E-state index in [1.807, 2.05) is 0 Å². The highest BCUT2D eigenvalue weighted by molar-refractivity contribution is 5.97. The molecule has 1 fully saturated rings. The smallest absolute Gasteiger partial charge is 0.337 e. The summed E-state index contributed by atoms with van der Waals surface area (Å²) in [6, 6.07) is 2.56. The van der Waals surface area contributed by atoms with Gasteiger partial charge in [-0.25, -0.2) is 9.18 Å². The van der Waals surface area contributed by atoms with Crippen molar-refractivity contribution in [2.75, 3.05) is 19.6 Å². The van der Waals surface area contributed by atoms with Crippen LogP contribution in [0.1, 0.15) is 46.6 Å². The van der Waals surface area contributed by atoms with E-state index in [9.17, 15) is 49.9 Å². The van der Waals surface area contributed by atoms with Crippen molar-refractivity contribution in [1.82, 2.24) is 19.7 Å². The number of carbonyl (C=O) groups excluding carboxylic acids is 3. The van der Waals surface area contributed by atoms with E-state index >= 15 is 0 Å². The first kappa shape index (κ1) is 29.6. The molecule has 1 aliphatic rings. The average Bonchev–Trinajstić information content (AvgIpc) is 2.81. The minimum Gasteiger partial charge on any atom is -0.337 e. The molecule has 2 heterocycles. The Morgan fingerprint density at radius 1 is 1.13 bits per heavy atom. The number of piperazine rings is 1. The summed E-state index contributed by atoms with van der Waals surface area (Å²) in [4.78, 5) is 54.4. The van der Waals surface area contributed by atoms with Crippen LogP contribution in [0.3, 0.4) is 0 Å². The van der Waals surface area contributed by atoms with Crippen LogP contribution in [0.25, 0.3) is 0 Å². The molecule has 212 valence electrons. The average molecular weight is 566 g/mol. The molecule has 1 aromatic carbocycles. The van der Waals surface area contributed by atoms with Crippen LogP contribution in [0.15, 0.2) is 23.0 Å². The molecule has 0 radical (unpaired) electrons. The van der Waals surface area contributed by atoms with Crippen molar-refractivity contribution in [2.45, 2.75) is 45.6 Å². The lowest BCUT2D eigenvalue weighted by Gasteiger charge is -2.39. The normalized spacial score (nSPS) is 16.5. The van der Waals surface area contributed by atoms with Crippen molar-refractivity contribution in [2.24, 2.45) is 0 Å². The topological polar surface area (TPSA) is 102 Å². The van der Waals surface area contributed by atoms with E-state index in [4.69, 9.17) is 0 Å². The minimum absolute atomic E-state index is 0.0117. The molecule has 1 aromatic heterocycles. The number of benzene rings is 1. The number of amides is 2. The molecule has 0 spiro atoms. The Balaban J connectivity index is 2.01. The van der Waals surface area contributed by atoms with Gasteiger partial charge in [0.25, 0.3) is 5.91 Å². The lowest BCUT2D eigenvalue weighted by atomic mass is 10.0. The van der Waals surface area contributed by atoms with Gasteiger partial charge < -0.3 is 14.6 Å². The summed E-state index contributed by atoms with van der Waals surface area (Å²) >= 11 is 0. The summed E-state index contributed by atoms with van der Waals surface area (Å²) in [5.41, 5.74) is -6.02. The summed E-state index contributed by atoms with van der Waals surface area (Å²) in [6.45, 7) is 4.44. The second-order valence-electron chi connectivity index (χ2n) is 8.70. The van der Waals surface area contributed by atoms with Gasteiger partial charge in [0.2, 0.25) is 5.91 Å². The van der Waals surface area contributed by atoms with Crippen molar-refractivity contribution in [1.29, 1.82) is 0 Å². The lowest BCUT2D eigenvalue weighted by molar-refractivity contribution is -0.202. The van der Waals surface area contributed by atoms with Crippen molar-refractivity contribution in [3.8, 4) is 0 Å². The van der Waals surface area contributed by atoms with Gasteiger partial charge >= 0.3 is 23.9 Å². The van der Waals surface area contributed by atoms with Crippen LogP contribution >= 0.6 is 0 Å². The minimum atomic E-state index is -5.64. The van der Waals surface area contributed by atoms with Crippen molar-refractivity contribution >= 4 is 17.8 Å². The van der Waals surface area contributed by atoms with Gasteiger partial charge in [0, 0.05) is 25.6 Å². The number of alkyl halides is 6. The van der Waals surface area contributed by atoms with Gasteiger partial charge in [-0.05, 0) is 48.9 Å². The predicted molar refractivity (Wildman–Crippen MR) is 118 cm³/mol. The maximum absolute atomic E-state index is 14.6. The maximum atomic E-state index is 14.6. The monoisotopic (exact) mass is 566 g/mol. The molecular weight excluding hydrogens is 545 g/mol. The number of likely N-dealkylation sites (N-methyl/N-ethyl adjacent to an activating group) is 1. The van der Waals surface area contributed by atoms with Crippen molar-refractivity contribution in [3.05, 3.63) is 62.3 Å². The highest BCUT2D eigenvalue weighted by Crippen LogP contribution is 2.30. The predicted octanol–water partition coefficient (Wildman–Crippen LogP) is 2.51. The quantitative estimate of drug-likeness (QED) is 0.516. The van der Waals surface area contributed by atoms with E-state index < -0.39 is 69.3 Å². The second-order valence-corrected chi connectivity index (χ2v) is 8.70. The summed E-state index contributed by atoms with van der Waals surface area (Å²) in [7, 11) is 0. The summed E-state index contributed by atoms with van der Waals surface area (Å²) < 4.78 is 93.2. The van der Waals surface area contributed by atoms with Gasteiger partial charge in [0.05, 0.1) is 11.3 Å². The molecule has 16 heteroatoms. The Morgan fingerprint density at radius 2 is 1.77 bits per heavy atom. The standard InChI is InChI=1S/C23H21F7N4O5/c1-4-33-11(2)9-32(10-17(33)35)19(36)14-7-13(5-6-15(14)24)8-16-12(3)18(22(25,26)27)20(37)34(31-16)39-21(38)23(28,29)30/h5-7,11H,4,8-10H2,1-3H3. The molecule has 39 heavy (non-hydrogen) atoms. The molecule has 3 rings (SSSR count). The highest BCUT2D eigenvalue weighted by atomic mass is 19.4. The molecule has 1 atom stereocenters. The summed E-state index contributed by atoms with van der Waals surface area (Å²) in [5.74, 6) is -5.21. The van der Waals surface area contributed by atoms with Crippen molar-refractivity contribution in [3.63, 3.8) is 0 Å². The third-order valence-electron chi connectivity index (χ3n) is 6.02. The SMILES string of the molecule is CCN1C(=O)CN(C(=O)c2cc(Cc3nn(OC(=O)C(F)(F)F)c(=O)c(C(F)(F)F)c3C)ccc2F)CC1C. The first-order chi connectivity index (χ1) is 17.9. The summed E-state index contributed by atoms with van der Waals surface area (Å²) in [6.07, 6.45) is -11.6. The number of halogens is 7. The molecule has 2 aromatic rings. The molecule has 9 nitrogen and oxygen atoms in total. The molecule has 0 aliphatic carbocycles. The van der Waals surface area contributed by atoms with E-state index in [0.29, 0.717) is 6.54 Å². The van der Waals surface area contributed by atoms with E-state index in [0.717, 1.165) is 30.0 Å². The molecule has 0 bridgehead atoms. The fourth-order valence-electron chi connectivity index (χ4n) is 4.16. The second kappa shape index (κ2) is 10.6. The highest BCUT2D eigenvalue weighted by Gasteiger charge is 2.44. The van der Waals surface area contributed by atoms with E-state index in [1.54, 1.807) is 13.8 Å². The molecule has 0 N–H and O–H groups in total. The Bertz CT molecular complexity index is 1370. The Labute approximate surface area is 215 Å². The zero-order valence-electron chi connectivity index (χ0n) is 20.6. The molecule has 2 amide bonds. The molecular formula is C23H21F7N4O5. The fraction of sp³-hybridized carbons (Fsp3) is 0.435. The zero-order chi connectivity index (χ0) is 29.4. The number of rotatable bonds is 5. The van der Waals surface area contributed by atoms with E-state index in [2.05, 4.69) is 9.94 Å². The van der Waals surface area contributed by atoms with Crippen LogP contribution in [0.2, 0.25) is 0 Å². The van der Waals surface area contributed by atoms with Gasteiger partial charge in [-0.3, -0.25) is 14.4 Å². The molecule has 1 aliphatic heterocycles. The first-order valence-electron chi connectivity index (χ1n) is 11.3. The molecule has 1 saturated heterocycles. The zero-order valence-corrected chi connectivity index (χ0v) is 20.6. The number of aromatic nitrogens is 2. The van der Waals surface area contributed by atoms with E-state index in [-0.39, 0.29) is 30.6 Å². The lowest BCUT2D eigenvalue weighted by Crippen LogP contribution is -2.56. The van der Waals surface area contributed by atoms with Crippen LogP contribution < -0.4 is 10.4 Å². The Morgan fingerprint density at radius 3 is 2.31 bits per heavy atom. The van der Waals surface area contributed by atoms with Gasteiger partial charge in [0.1, 0.15) is 17.9 Å². The number of hydrogen-bond donors (Lipinski definition) is 0. The van der Waals surface area contributed by atoms with Gasteiger partial charge in [-0.2, -0.15) is 26.3 Å². The number of carbonyl (C=O) groups is 3. The van der Waals surface area contributed by atoms with Crippen LogP contribution in [0.5, 0.6) is 0 Å². The maximum Gasteiger partial charge on any atom is 0.493 e. The Kier molecular flexibility index (Phi) is 8.07. The van der Waals surface area contributed by atoms with Gasteiger partial charge in [-0.15, -0.1) is 5.10 Å². The molecule has 1 unspecified atom stereocenters. The van der Waals surface area contributed by atoms with Crippen LogP contribution in [-0.4, -0.2) is 69.4 Å². The van der Waals surface area contributed by atoms with Crippen LogP contribution in [-0.2, 0) is 22.2 Å². The number of hydrogen-bond acceptors (Lipinski definition) is 6. The number of nitrogens with zero attached hydrogens (tertiary/aromatic N) is 4. The van der Waals surface area contributed by atoms with Crippen molar-refractivity contribution < 1.29 is 50.0 Å². The van der Waals surface area contributed by atoms with Gasteiger partial charge in [-0.1, -0.05) is 6.07 Å². The van der Waals surface area contributed by atoms with Crippen LogP contribution in [0.4, 0.5) is 30.7 Å². The first-order valence-corrected chi connectivity index (χ1v) is 11.3. The Hall–Kier alpha value is -3.98. The summed E-state index contributed by atoms with van der Waals surface area (Å²) in [5, 5.41) is 3.34. The largest absolute Gasteiger partial charge is 0.493 e. The third-order valence-corrected chi connectivity index (χ3v) is 6.02. The molecule has 0 saturated carbocycles. The van der Waals surface area contributed by atoms with Gasteiger partial charge in [0.15, 0.2) is 0 Å². The third kappa shape index (κ3) is 6.20. The fourth-order valence-corrected chi connectivity index (χ4v) is 4.16.